The Hall–Kier alpha value is -0.760. The molecule has 116 valence electrons. The lowest BCUT2D eigenvalue weighted by molar-refractivity contribution is -0.140. The lowest BCUT2D eigenvalue weighted by Gasteiger charge is -2.36. The van der Waals surface area contributed by atoms with Crippen molar-refractivity contribution in [2.75, 3.05) is 24.3 Å². The van der Waals surface area contributed by atoms with Gasteiger partial charge in [0, 0.05) is 30.7 Å². The quantitative estimate of drug-likeness (QED) is 0.805. The third-order valence-electron chi connectivity index (χ3n) is 3.16. The van der Waals surface area contributed by atoms with E-state index in [-0.39, 0.29) is 18.7 Å². The normalized spacial score (nSPS) is 20.8. The van der Waals surface area contributed by atoms with Crippen molar-refractivity contribution in [1.29, 1.82) is 0 Å². The number of hydrogen-bond donors (Lipinski definition) is 1. The van der Waals surface area contributed by atoms with Crippen LogP contribution in [-0.4, -0.2) is 60.0 Å². The van der Waals surface area contributed by atoms with E-state index in [2.05, 4.69) is 0 Å². The molecule has 1 heterocycles. The molecule has 0 saturated carbocycles. The van der Waals surface area contributed by atoms with Gasteiger partial charge in [0.25, 0.3) is 0 Å². The Morgan fingerprint density at radius 3 is 2.45 bits per heavy atom. The van der Waals surface area contributed by atoms with Crippen LogP contribution in [-0.2, 0) is 19.4 Å². The summed E-state index contributed by atoms with van der Waals surface area (Å²) in [5, 5.41) is 8.03. The maximum absolute atomic E-state index is 12.3. The summed E-state index contributed by atoms with van der Waals surface area (Å²) < 4.78 is 23.5. The third-order valence-corrected chi connectivity index (χ3v) is 5.80. The Bertz CT molecular complexity index is 486. The molecule has 0 spiro atoms. The van der Waals surface area contributed by atoms with E-state index >= 15 is 0 Å². The topological polar surface area (TPSA) is 91.8 Å². The zero-order chi connectivity index (χ0) is 15.6. The van der Waals surface area contributed by atoms with Crippen molar-refractivity contribution >= 4 is 33.5 Å². The van der Waals surface area contributed by atoms with E-state index in [0.29, 0.717) is 18.1 Å². The highest BCUT2D eigenvalue weighted by Gasteiger charge is 2.36. The molecule has 1 fully saturated rings. The first-order valence-electron chi connectivity index (χ1n) is 6.31. The highest BCUT2D eigenvalue weighted by Crippen LogP contribution is 2.28. The number of rotatable bonds is 5. The van der Waals surface area contributed by atoms with E-state index in [1.165, 1.54) is 16.7 Å². The first-order chi connectivity index (χ1) is 9.03. The van der Waals surface area contributed by atoms with Crippen LogP contribution in [0.2, 0.25) is 0 Å². The fourth-order valence-electron chi connectivity index (χ4n) is 2.20. The summed E-state index contributed by atoms with van der Waals surface area (Å²) in [4.78, 5) is 24.5. The molecule has 1 rings (SSSR count). The van der Waals surface area contributed by atoms with Gasteiger partial charge in [-0.3, -0.25) is 9.59 Å². The van der Waals surface area contributed by atoms with Crippen LogP contribution in [0.25, 0.3) is 0 Å². The molecule has 1 saturated heterocycles. The molecule has 8 heteroatoms. The molecular weight excluding hydrogens is 302 g/mol. The van der Waals surface area contributed by atoms with E-state index in [0.717, 1.165) is 6.26 Å². The van der Waals surface area contributed by atoms with Gasteiger partial charge in [0.2, 0.25) is 5.91 Å². The molecule has 0 aliphatic carbocycles. The van der Waals surface area contributed by atoms with E-state index in [4.69, 9.17) is 5.11 Å². The summed E-state index contributed by atoms with van der Waals surface area (Å²) in [5.41, 5.74) is -0.685. The molecule has 1 N–H and O–H groups in total. The van der Waals surface area contributed by atoms with Crippen molar-refractivity contribution in [1.82, 2.24) is 4.90 Å². The number of thioether (sulfide) groups is 1. The van der Waals surface area contributed by atoms with Gasteiger partial charge in [0.1, 0.15) is 5.37 Å². The highest BCUT2D eigenvalue weighted by molar-refractivity contribution is 8.00. The molecule has 6 nitrogen and oxygen atoms in total. The summed E-state index contributed by atoms with van der Waals surface area (Å²) in [6, 6.07) is 0. The average Bonchev–Trinajstić information content (AvgIpc) is 2.25. The first kappa shape index (κ1) is 17.3. The number of hydrogen-bond acceptors (Lipinski definition) is 5. The molecule has 1 unspecified atom stereocenters. The Morgan fingerprint density at radius 1 is 1.35 bits per heavy atom. The largest absolute Gasteiger partial charge is 0.481 e. The average molecular weight is 323 g/mol. The molecule has 0 aromatic heterocycles. The van der Waals surface area contributed by atoms with Gasteiger partial charge in [0.15, 0.2) is 9.84 Å². The van der Waals surface area contributed by atoms with Gasteiger partial charge in [-0.05, 0) is 5.41 Å². The second-order valence-electron chi connectivity index (χ2n) is 5.86. The minimum atomic E-state index is -3.33. The molecule has 0 radical (unpaired) electrons. The van der Waals surface area contributed by atoms with Crippen LogP contribution in [0.4, 0.5) is 0 Å². The molecule has 1 aliphatic heterocycles. The molecular formula is C12H21NO5S2. The van der Waals surface area contributed by atoms with Gasteiger partial charge in [-0.1, -0.05) is 13.8 Å². The van der Waals surface area contributed by atoms with Gasteiger partial charge in [-0.25, -0.2) is 8.42 Å². The number of carboxylic acid groups (broad SMARTS) is 1. The monoisotopic (exact) mass is 323 g/mol. The van der Waals surface area contributed by atoms with Crippen molar-refractivity contribution in [3.05, 3.63) is 0 Å². The maximum Gasteiger partial charge on any atom is 0.303 e. The van der Waals surface area contributed by atoms with Crippen LogP contribution >= 0.6 is 11.8 Å². The van der Waals surface area contributed by atoms with Crippen molar-refractivity contribution in [2.24, 2.45) is 5.41 Å². The van der Waals surface area contributed by atoms with Gasteiger partial charge < -0.3 is 10.0 Å². The Balaban J connectivity index is 2.81. The summed E-state index contributed by atoms with van der Waals surface area (Å²) >= 11 is 1.51. The van der Waals surface area contributed by atoms with Gasteiger partial charge in [0.05, 0.1) is 6.42 Å². The Morgan fingerprint density at radius 2 is 1.95 bits per heavy atom. The van der Waals surface area contributed by atoms with Crippen molar-refractivity contribution in [3.63, 3.8) is 0 Å². The van der Waals surface area contributed by atoms with Gasteiger partial charge >= 0.3 is 5.97 Å². The van der Waals surface area contributed by atoms with E-state index in [1.807, 2.05) is 0 Å². The zero-order valence-corrected chi connectivity index (χ0v) is 13.6. The number of carbonyl (C=O) groups excluding carboxylic acids is 1. The zero-order valence-electron chi connectivity index (χ0n) is 12.0. The fourth-order valence-corrected chi connectivity index (χ4v) is 5.04. The predicted octanol–water partition coefficient (Wildman–Crippen LogP) is 0.824. The lowest BCUT2D eigenvalue weighted by Crippen LogP contribution is -2.50. The molecule has 0 aromatic rings. The summed E-state index contributed by atoms with van der Waals surface area (Å²) in [6.07, 6.45) is 1.05. The van der Waals surface area contributed by atoms with Crippen LogP contribution in [0.1, 0.15) is 26.7 Å². The summed E-state index contributed by atoms with van der Waals surface area (Å²) in [6.45, 7) is 3.80. The van der Waals surface area contributed by atoms with Crippen LogP contribution in [0.5, 0.6) is 0 Å². The lowest BCUT2D eigenvalue weighted by atomic mass is 9.85. The number of sulfone groups is 1. The fraction of sp³-hybridized carbons (Fsp3) is 0.833. The standard InChI is InChI=1S/C12H21NO5S2/c1-12(2,7-11(15)16)6-9(14)13-4-5-19-8-10(13)20(3,17)18/h10H,4-8H2,1-3H3,(H,15,16). The molecule has 0 aromatic carbocycles. The van der Waals surface area contributed by atoms with Crippen molar-refractivity contribution in [2.45, 2.75) is 32.1 Å². The number of nitrogens with zero attached hydrogens (tertiary/aromatic N) is 1. The van der Waals surface area contributed by atoms with E-state index in [9.17, 15) is 18.0 Å². The van der Waals surface area contributed by atoms with Crippen LogP contribution in [0, 0.1) is 5.41 Å². The number of amides is 1. The summed E-state index contributed by atoms with van der Waals surface area (Å²) in [5.74, 6) is -0.162. The molecule has 1 atom stereocenters. The van der Waals surface area contributed by atoms with Crippen molar-refractivity contribution < 1.29 is 23.1 Å². The van der Waals surface area contributed by atoms with Crippen LogP contribution in [0.15, 0.2) is 0 Å². The van der Waals surface area contributed by atoms with Crippen LogP contribution < -0.4 is 0 Å². The second kappa shape index (κ2) is 6.34. The first-order valence-corrected chi connectivity index (χ1v) is 9.42. The van der Waals surface area contributed by atoms with Crippen molar-refractivity contribution in [3.8, 4) is 0 Å². The molecule has 1 aliphatic rings. The predicted molar refractivity (Wildman–Crippen MR) is 78.3 cm³/mol. The molecule has 20 heavy (non-hydrogen) atoms. The highest BCUT2D eigenvalue weighted by atomic mass is 32.2. The Labute approximate surface area is 123 Å². The van der Waals surface area contributed by atoms with E-state index in [1.54, 1.807) is 13.8 Å². The van der Waals surface area contributed by atoms with Crippen LogP contribution in [0.3, 0.4) is 0 Å². The smallest absolute Gasteiger partial charge is 0.303 e. The number of carbonyl (C=O) groups is 2. The Kier molecular flexibility index (Phi) is 5.48. The second-order valence-corrected chi connectivity index (χ2v) is 9.21. The number of aliphatic carboxylic acids is 1. The third kappa shape index (κ3) is 4.97. The summed E-state index contributed by atoms with van der Waals surface area (Å²) in [7, 11) is -3.33. The number of carboxylic acids is 1. The minimum absolute atomic E-state index is 0.0377. The minimum Gasteiger partial charge on any atom is -0.481 e. The van der Waals surface area contributed by atoms with Gasteiger partial charge in [-0.2, -0.15) is 11.8 Å². The molecule has 1 amide bonds. The maximum atomic E-state index is 12.3. The van der Waals surface area contributed by atoms with Gasteiger partial charge in [-0.15, -0.1) is 0 Å². The SMILES string of the molecule is CC(C)(CC(=O)O)CC(=O)N1CCSCC1S(C)(=O)=O. The van der Waals surface area contributed by atoms with E-state index < -0.39 is 26.6 Å². The molecule has 0 bridgehead atoms.